The van der Waals surface area contributed by atoms with Crippen LogP contribution in [0.3, 0.4) is 0 Å². The van der Waals surface area contributed by atoms with Crippen molar-refractivity contribution in [2.45, 2.75) is 102 Å². The Morgan fingerprint density at radius 3 is 2.12 bits per heavy atom. The fraction of sp³-hybridized carbons (Fsp3) is 0.613. The maximum Gasteiger partial charge on any atom is 0.323 e. The molecular weight excluding hydrogens is 520 g/mol. The monoisotopic (exact) mass is 564 g/mol. The van der Waals surface area contributed by atoms with Crippen LogP contribution in [0.25, 0.3) is 0 Å². The third-order valence-corrected chi connectivity index (χ3v) is 8.88. The van der Waals surface area contributed by atoms with Gasteiger partial charge in [0.05, 0.1) is 5.56 Å². The first-order valence-electron chi connectivity index (χ1n) is 15.4. The Morgan fingerprint density at radius 2 is 1.49 bits per heavy atom. The number of anilines is 1. The number of aromatic nitrogens is 2. The van der Waals surface area contributed by atoms with Crippen LogP contribution < -0.4 is 21.0 Å². The molecule has 5 rings (SSSR count). The average Bonchev–Trinajstić information content (AvgIpc) is 3.54. The molecule has 2 heterocycles. The first-order chi connectivity index (χ1) is 20.1. The normalized spacial score (nSPS) is 19.7. The Labute approximate surface area is 242 Å². The lowest BCUT2D eigenvalue weighted by Gasteiger charge is -2.32. The molecule has 1 aliphatic heterocycles. The van der Waals surface area contributed by atoms with Crippen LogP contribution in [0.2, 0.25) is 0 Å². The molecule has 1 atom stereocenters. The molecule has 0 unspecified atom stereocenters. The highest BCUT2D eigenvalue weighted by Gasteiger charge is 2.32. The second-order valence-electron chi connectivity index (χ2n) is 11.8. The van der Waals surface area contributed by atoms with Gasteiger partial charge in [0.15, 0.2) is 0 Å². The van der Waals surface area contributed by atoms with Crippen LogP contribution in [0.4, 0.5) is 5.95 Å². The van der Waals surface area contributed by atoms with E-state index in [0.29, 0.717) is 24.5 Å². The van der Waals surface area contributed by atoms with Crippen LogP contribution in [0.5, 0.6) is 0 Å². The summed E-state index contributed by atoms with van der Waals surface area (Å²) in [6.45, 7) is 3.14. The Hall–Kier alpha value is -3.08. The zero-order valence-corrected chi connectivity index (χ0v) is 23.9. The van der Waals surface area contributed by atoms with Gasteiger partial charge in [-0.25, -0.2) is 15.4 Å². The Balaban J connectivity index is 1.06. The van der Waals surface area contributed by atoms with Crippen molar-refractivity contribution in [3.8, 4) is 0 Å². The van der Waals surface area contributed by atoms with E-state index in [1.54, 1.807) is 5.48 Å². The molecule has 3 fully saturated rings. The topological polar surface area (TPSA) is 129 Å². The van der Waals surface area contributed by atoms with E-state index < -0.39 is 5.91 Å². The first-order valence-corrected chi connectivity index (χ1v) is 15.4. The quantitative estimate of drug-likeness (QED) is 0.183. The fourth-order valence-corrected chi connectivity index (χ4v) is 6.37. The van der Waals surface area contributed by atoms with Crippen molar-refractivity contribution in [2.24, 2.45) is 5.92 Å². The van der Waals surface area contributed by atoms with Crippen molar-refractivity contribution in [3.63, 3.8) is 0 Å². The number of nitrogens with one attached hydrogen (secondary N) is 3. The number of piperidine rings is 1. The second kappa shape index (κ2) is 14.7. The Kier molecular flexibility index (Phi) is 10.5. The van der Waals surface area contributed by atoms with Crippen molar-refractivity contribution in [1.29, 1.82) is 0 Å². The summed E-state index contributed by atoms with van der Waals surface area (Å²) in [6, 6.07) is 8.85. The summed E-state index contributed by atoms with van der Waals surface area (Å²) in [5.41, 5.74) is 4.23. The number of carbonyl (C=O) groups excluding carboxylic acids is 2. The van der Waals surface area contributed by atoms with Crippen LogP contribution in [-0.4, -0.2) is 58.3 Å². The van der Waals surface area contributed by atoms with Crippen LogP contribution in [0, 0.1) is 5.92 Å². The summed E-state index contributed by atoms with van der Waals surface area (Å²) >= 11 is 0. The first kappa shape index (κ1) is 29.4. The van der Waals surface area contributed by atoms with Crippen molar-refractivity contribution in [1.82, 2.24) is 26.1 Å². The van der Waals surface area contributed by atoms with Gasteiger partial charge in [-0.2, -0.15) is 0 Å². The minimum absolute atomic E-state index is 0.0478. The lowest BCUT2D eigenvalue weighted by molar-refractivity contribution is -0.153. The van der Waals surface area contributed by atoms with Crippen molar-refractivity contribution in [3.05, 3.63) is 53.3 Å². The van der Waals surface area contributed by atoms with E-state index in [9.17, 15) is 9.59 Å². The summed E-state index contributed by atoms with van der Waals surface area (Å²) in [5.74, 6) is 0.297. The molecule has 1 aromatic heterocycles. The van der Waals surface area contributed by atoms with Gasteiger partial charge in [-0.15, -0.1) is 0 Å². The molecule has 0 spiro atoms. The van der Waals surface area contributed by atoms with Gasteiger partial charge in [0, 0.05) is 44.6 Å². The number of esters is 1. The minimum atomic E-state index is -0.619. The predicted octanol–water partition coefficient (Wildman–Crippen LogP) is 3.88. The molecule has 2 aliphatic carbocycles. The average molecular weight is 565 g/mol. The van der Waals surface area contributed by atoms with E-state index in [1.807, 2.05) is 0 Å². The molecule has 0 radical (unpaired) electrons. The third kappa shape index (κ3) is 8.24. The zero-order valence-electron chi connectivity index (χ0n) is 23.9. The molecule has 3 aliphatic rings. The number of ether oxygens (including phenoxy) is 1. The number of nitrogens with zero attached hydrogens (tertiary/aromatic N) is 3. The lowest BCUT2D eigenvalue weighted by atomic mass is 9.83. The number of benzene rings is 1. The fourth-order valence-electron chi connectivity index (χ4n) is 6.37. The van der Waals surface area contributed by atoms with E-state index in [1.165, 1.54) is 42.8 Å². The SMILES string of the molecule is O=C(NO)c1cnc(N2CCC(NCc3ccc(CN[C@H](C(=O)OC4CCCC4)C4CCCCC4)cc3)CC2)nc1. The summed E-state index contributed by atoms with van der Waals surface area (Å²) < 4.78 is 5.93. The largest absolute Gasteiger partial charge is 0.461 e. The summed E-state index contributed by atoms with van der Waals surface area (Å²) in [4.78, 5) is 35.3. The third-order valence-electron chi connectivity index (χ3n) is 8.88. The Morgan fingerprint density at radius 1 is 0.878 bits per heavy atom. The molecule has 2 aromatic rings. The Bertz CT molecular complexity index is 1110. The van der Waals surface area contributed by atoms with Crippen LogP contribution >= 0.6 is 0 Å². The van der Waals surface area contributed by atoms with Gasteiger partial charge in [0.2, 0.25) is 5.95 Å². The van der Waals surface area contributed by atoms with E-state index in [0.717, 1.165) is 71.0 Å². The van der Waals surface area contributed by atoms with Gasteiger partial charge in [-0.05, 0) is 68.4 Å². The smallest absolute Gasteiger partial charge is 0.323 e. The van der Waals surface area contributed by atoms with E-state index >= 15 is 0 Å². The van der Waals surface area contributed by atoms with E-state index in [-0.39, 0.29) is 23.7 Å². The van der Waals surface area contributed by atoms with Gasteiger partial charge in [-0.3, -0.25) is 14.8 Å². The highest BCUT2D eigenvalue weighted by atomic mass is 16.5. The van der Waals surface area contributed by atoms with Crippen molar-refractivity contribution < 1.29 is 19.5 Å². The molecule has 10 heteroatoms. The van der Waals surface area contributed by atoms with Gasteiger partial charge < -0.3 is 20.3 Å². The number of hydrogen-bond donors (Lipinski definition) is 4. The van der Waals surface area contributed by atoms with Crippen LogP contribution in [-0.2, 0) is 22.6 Å². The summed E-state index contributed by atoms with van der Waals surface area (Å²) in [6.07, 6.45) is 15.1. The van der Waals surface area contributed by atoms with Gasteiger partial charge >= 0.3 is 5.97 Å². The van der Waals surface area contributed by atoms with Crippen molar-refractivity contribution in [2.75, 3.05) is 18.0 Å². The molecular formula is C31H44N6O4. The van der Waals surface area contributed by atoms with E-state index in [4.69, 9.17) is 9.94 Å². The highest BCUT2D eigenvalue weighted by Crippen LogP contribution is 2.29. The van der Waals surface area contributed by atoms with Crippen LogP contribution in [0.15, 0.2) is 36.7 Å². The molecule has 1 saturated heterocycles. The molecule has 2 saturated carbocycles. The molecule has 1 aromatic carbocycles. The minimum Gasteiger partial charge on any atom is -0.461 e. The number of hydroxylamine groups is 1. The molecule has 4 N–H and O–H groups in total. The number of rotatable bonds is 11. The molecule has 222 valence electrons. The number of carbonyl (C=O) groups is 2. The second-order valence-corrected chi connectivity index (χ2v) is 11.8. The lowest BCUT2D eigenvalue weighted by Crippen LogP contribution is -2.45. The van der Waals surface area contributed by atoms with E-state index in [2.05, 4.69) is 49.8 Å². The maximum absolute atomic E-state index is 13.1. The summed E-state index contributed by atoms with van der Waals surface area (Å²) in [5, 5.41) is 16.0. The zero-order chi connectivity index (χ0) is 28.4. The maximum atomic E-state index is 13.1. The van der Waals surface area contributed by atoms with Crippen molar-refractivity contribution >= 4 is 17.8 Å². The van der Waals surface area contributed by atoms with Crippen LogP contribution in [0.1, 0.15) is 92.1 Å². The standard InChI is InChI=1S/C31H44N6O4/c38-29(36-40)25-20-34-31(35-21-25)37-16-14-26(15-17-37)32-18-22-10-12-23(13-11-22)19-33-28(24-6-2-1-3-7-24)30(39)41-27-8-4-5-9-27/h10-13,20-21,24,26-28,32-33,40H,1-9,14-19H2,(H,36,38)/t28-/m0/s1. The number of hydrogen-bond acceptors (Lipinski definition) is 9. The van der Waals surface area contributed by atoms with Gasteiger partial charge in [-0.1, -0.05) is 43.5 Å². The molecule has 41 heavy (non-hydrogen) atoms. The molecule has 1 amide bonds. The molecule has 10 nitrogen and oxygen atoms in total. The van der Waals surface area contributed by atoms with Gasteiger partial charge in [0.25, 0.3) is 5.91 Å². The van der Waals surface area contributed by atoms with Gasteiger partial charge in [0.1, 0.15) is 12.1 Å². The predicted molar refractivity (Wildman–Crippen MR) is 155 cm³/mol. The molecule has 0 bridgehead atoms. The highest BCUT2D eigenvalue weighted by molar-refractivity contribution is 5.92. The number of amides is 1. The summed E-state index contributed by atoms with van der Waals surface area (Å²) in [7, 11) is 0.